The second-order valence-electron chi connectivity index (χ2n) is 6.96. The van der Waals surface area contributed by atoms with Gasteiger partial charge in [-0.1, -0.05) is 24.3 Å². The van der Waals surface area contributed by atoms with Gasteiger partial charge < -0.3 is 5.32 Å². The van der Waals surface area contributed by atoms with Gasteiger partial charge in [0.1, 0.15) is 0 Å². The van der Waals surface area contributed by atoms with Crippen LogP contribution in [0.15, 0.2) is 30.5 Å². The van der Waals surface area contributed by atoms with Gasteiger partial charge in [-0.05, 0) is 56.8 Å². The van der Waals surface area contributed by atoms with Gasteiger partial charge in [-0.15, -0.1) is 11.3 Å². The molecule has 3 aliphatic rings. The molecule has 0 spiro atoms. The third kappa shape index (κ3) is 2.76. The summed E-state index contributed by atoms with van der Waals surface area (Å²) < 4.78 is 0. The van der Waals surface area contributed by atoms with Crippen LogP contribution < -0.4 is 5.32 Å². The number of thiazole rings is 1. The summed E-state index contributed by atoms with van der Waals surface area (Å²) in [6.07, 6.45) is 4.21. The normalized spacial score (nSPS) is 28.8. The summed E-state index contributed by atoms with van der Waals surface area (Å²) in [5.41, 5.74) is 2.37. The number of hydrogen-bond acceptors (Lipinski definition) is 4. The number of carbonyl (C=O) groups is 1. The number of amides is 1. The van der Waals surface area contributed by atoms with Crippen LogP contribution in [0.2, 0.25) is 0 Å². The molecular formula is C19H23N3OS. The maximum absolute atomic E-state index is 12.7. The van der Waals surface area contributed by atoms with E-state index in [1.807, 2.05) is 18.3 Å². The molecule has 0 saturated carbocycles. The van der Waals surface area contributed by atoms with E-state index in [1.54, 1.807) is 0 Å². The van der Waals surface area contributed by atoms with Crippen molar-refractivity contribution in [3.63, 3.8) is 0 Å². The van der Waals surface area contributed by atoms with Gasteiger partial charge in [-0.2, -0.15) is 0 Å². The molecule has 4 nitrogen and oxygen atoms in total. The minimum atomic E-state index is -0.0227. The third-order valence-corrected chi connectivity index (χ3v) is 6.62. The zero-order chi connectivity index (χ0) is 16.7. The highest BCUT2D eigenvalue weighted by molar-refractivity contribution is 7.17. The summed E-state index contributed by atoms with van der Waals surface area (Å²) in [6.45, 7) is 6.67. The van der Waals surface area contributed by atoms with Crippen LogP contribution in [-0.4, -0.2) is 41.0 Å². The fourth-order valence-corrected chi connectivity index (χ4v) is 5.02. The van der Waals surface area contributed by atoms with Crippen LogP contribution in [0.25, 0.3) is 10.4 Å². The van der Waals surface area contributed by atoms with E-state index in [-0.39, 0.29) is 11.9 Å². The molecule has 2 aromatic rings. The van der Waals surface area contributed by atoms with Crippen LogP contribution in [0, 0.1) is 12.8 Å². The van der Waals surface area contributed by atoms with Gasteiger partial charge in [-0.25, -0.2) is 4.98 Å². The quantitative estimate of drug-likeness (QED) is 0.931. The van der Waals surface area contributed by atoms with E-state index in [0.717, 1.165) is 10.4 Å². The lowest BCUT2D eigenvalue weighted by atomic mass is 9.79. The zero-order valence-electron chi connectivity index (χ0n) is 14.2. The third-order valence-electron chi connectivity index (χ3n) is 5.59. The first kappa shape index (κ1) is 15.8. The van der Waals surface area contributed by atoms with Gasteiger partial charge in [-0.3, -0.25) is 9.69 Å². The number of benzene rings is 1. The van der Waals surface area contributed by atoms with Crippen LogP contribution in [0.5, 0.6) is 0 Å². The Morgan fingerprint density at radius 1 is 1.29 bits per heavy atom. The molecule has 0 radical (unpaired) electrons. The fraction of sp³-hybridized carbons (Fsp3) is 0.474. The minimum absolute atomic E-state index is 0.0227. The molecular weight excluding hydrogens is 318 g/mol. The van der Waals surface area contributed by atoms with Gasteiger partial charge >= 0.3 is 0 Å². The van der Waals surface area contributed by atoms with E-state index in [2.05, 4.69) is 41.2 Å². The number of fused-ring (bicyclic) bond motifs is 3. The molecule has 3 fully saturated rings. The summed E-state index contributed by atoms with van der Waals surface area (Å²) in [5, 5.41) is 3.83. The highest BCUT2D eigenvalue weighted by Crippen LogP contribution is 2.33. The van der Waals surface area contributed by atoms with E-state index < -0.39 is 0 Å². The number of piperidine rings is 3. The standard InChI is InChI=1S/C19H23N3OS/c1-12-5-3-4-6-15(12)16-11-20-19(24-16)18(23)21-17-13(2)22-9-7-14(17)8-10-22/h3-6,11,13-14,17H,7-10H2,1-2H3,(H,21,23)/t13-,17-/m0/s1. The van der Waals surface area contributed by atoms with Gasteiger partial charge in [0.15, 0.2) is 5.01 Å². The Hall–Kier alpha value is -1.72. The number of hydrogen-bond donors (Lipinski definition) is 1. The molecule has 1 N–H and O–H groups in total. The molecule has 2 bridgehead atoms. The smallest absolute Gasteiger partial charge is 0.280 e. The van der Waals surface area contributed by atoms with Crippen molar-refractivity contribution in [2.75, 3.05) is 13.1 Å². The van der Waals surface area contributed by atoms with Gasteiger partial charge in [0.2, 0.25) is 0 Å². The molecule has 1 aromatic heterocycles. The second kappa shape index (κ2) is 6.30. The molecule has 5 rings (SSSR count). The number of carbonyl (C=O) groups excluding carboxylic acids is 1. The van der Waals surface area contributed by atoms with Crippen LogP contribution in [0.1, 0.15) is 35.1 Å². The minimum Gasteiger partial charge on any atom is -0.345 e. The van der Waals surface area contributed by atoms with Crippen molar-refractivity contribution < 1.29 is 4.79 Å². The molecule has 126 valence electrons. The van der Waals surface area contributed by atoms with Gasteiger partial charge in [0.05, 0.1) is 4.88 Å². The maximum Gasteiger partial charge on any atom is 0.280 e. The summed E-state index contributed by atoms with van der Waals surface area (Å²) >= 11 is 1.48. The number of nitrogens with one attached hydrogen (secondary N) is 1. The number of rotatable bonds is 3. The van der Waals surface area contributed by atoms with E-state index in [0.29, 0.717) is 17.0 Å². The molecule has 3 saturated heterocycles. The molecule has 3 aliphatic heterocycles. The van der Waals surface area contributed by atoms with E-state index in [9.17, 15) is 4.79 Å². The first-order valence-corrected chi connectivity index (χ1v) is 9.52. The molecule has 0 aliphatic carbocycles. The van der Waals surface area contributed by atoms with Crippen LogP contribution in [0.4, 0.5) is 0 Å². The Labute approximate surface area is 146 Å². The summed E-state index contributed by atoms with van der Waals surface area (Å²) in [7, 11) is 0. The highest BCUT2D eigenvalue weighted by atomic mass is 32.1. The Morgan fingerprint density at radius 3 is 2.75 bits per heavy atom. The Bertz CT molecular complexity index is 747. The first-order chi connectivity index (χ1) is 11.6. The van der Waals surface area contributed by atoms with Crippen molar-refractivity contribution in [2.24, 2.45) is 5.92 Å². The molecule has 2 atom stereocenters. The highest BCUT2D eigenvalue weighted by Gasteiger charge is 2.40. The van der Waals surface area contributed by atoms with Crippen molar-refractivity contribution in [2.45, 2.75) is 38.8 Å². The summed E-state index contributed by atoms with van der Waals surface area (Å²) in [5.74, 6) is 0.593. The Balaban J connectivity index is 1.51. The monoisotopic (exact) mass is 341 g/mol. The molecule has 1 amide bonds. The van der Waals surface area contributed by atoms with Crippen molar-refractivity contribution in [3.8, 4) is 10.4 Å². The fourth-order valence-electron chi connectivity index (χ4n) is 4.11. The lowest BCUT2D eigenvalue weighted by Gasteiger charge is -2.49. The van der Waals surface area contributed by atoms with Crippen LogP contribution >= 0.6 is 11.3 Å². The predicted molar refractivity (Wildman–Crippen MR) is 97.3 cm³/mol. The largest absolute Gasteiger partial charge is 0.345 e. The van der Waals surface area contributed by atoms with E-state index >= 15 is 0 Å². The van der Waals surface area contributed by atoms with Crippen LogP contribution in [0.3, 0.4) is 0 Å². The van der Waals surface area contributed by atoms with Crippen molar-refractivity contribution in [1.29, 1.82) is 0 Å². The Kier molecular flexibility index (Phi) is 4.14. The zero-order valence-corrected chi connectivity index (χ0v) is 15.0. The first-order valence-electron chi connectivity index (χ1n) is 8.70. The Morgan fingerprint density at radius 2 is 2.04 bits per heavy atom. The summed E-state index contributed by atoms with van der Waals surface area (Å²) in [4.78, 5) is 20.6. The van der Waals surface area contributed by atoms with Crippen molar-refractivity contribution >= 4 is 17.2 Å². The molecule has 24 heavy (non-hydrogen) atoms. The van der Waals surface area contributed by atoms with Crippen molar-refractivity contribution in [3.05, 3.63) is 41.0 Å². The second-order valence-corrected chi connectivity index (χ2v) is 7.99. The average molecular weight is 341 g/mol. The lowest BCUT2D eigenvalue weighted by molar-refractivity contribution is 0.0217. The van der Waals surface area contributed by atoms with E-state index in [4.69, 9.17) is 0 Å². The summed E-state index contributed by atoms with van der Waals surface area (Å²) in [6, 6.07) is 8.91. The van der Waals surface area contributed by atoms with Crippen LogP contribution in [-0.2, 0) is 0 Å². The van der Waals surface area contributed by atoms with Gasteiger partial charge in [0, 0.05) is 18.3 Å². The number of nitrogens with zero attached hydrogens (tertiary/aromatic N) is 2. The molecule has 0 unspecified atom stereocenters. The predicted octanol–water partition coefficient (Wildman–Crippen LogP) is 3.33. The number of aromatic nitrogens is 1. The average Bonchev–Trinajstić information content (AvgIpc) is 3.09. The topological polar surface area (TPSA) is 45.2 Å². The molecule has 4 heterocycles. The maximum atomic E-state index is 12.7. The number of aryl methyl sites for hydroxylation is 1. The van der Waals surface area contributed by atoms with Gasteiger partial charge in [0.25, 0.3) is 5.91 Å². The molecule has 5 heteroatoms. The van der Waals surface area contributed by atoms with Crippen molar-refractivity contribution in [1.82, 2.24) is 15.2 Å². The lowest BCUT2D eigenvalue weighted by Crippen LogP contribution is -2.62. The SMILES string of the molecule is Cc1ccccc1-c1cnc(C(=O)N[C@@H]2C3CCN(CC3)[C@H]2C)s1. The molecule has 1 aromatic carbocycles. The van der Waals surface area contributed by atoms with E-state index in [1.165, 1.54) is 42.8 Å².